The van der Waals surface area contributed by atoms with Gasteiger partial charge in [-0.25, -0.2) is 4.68 Å². The maximum Gasteiger partial charge on any atom is 0.291 e. The summed E-state index contributed by atoms with van der Waals surface area (Å²) in [4.78, 5) is 27.4. The predicted octanol–water partition coefficient (Wildman–Crippen LogP) is 3.12. The maximum atomic E-state index is 12.9. The van der Waals surface area contributed by atoms with E-state index in [9.17, 15) is 9.59 Å². The summed E-state index contributed by atoms with van der Waals surface area (Å²) < 4.78 is 4.34. The third kappa shape index (κ3) is 2.85. The Labute approximate surface area is 157 Å². The SMILES string of the molecule is CCn1c2cc(C)sc2c2cnn(CC(=O)NCc3cccs3)c(=O)c21. The zero-order valence-electron chi connectivity index (χ0n) is 14.5. The minimum absolute atomic E-state index is 0.0816. The summed E-state index contributed by atoms with van der Waals surface area (Å²) in [7, 11) is 0. The molecule has 0 unspecified atom stereocenters. The molecule has 0 bridgehead atoms. The molecule has 0 aromatic carbocycles. The number of amides is 1. The highest BCUT2D eigenvalue weighted by Gasteiger charge is 2.18. The van der Waals surface area contributed by atoms with Crippen LogP contribution in [0.3, 0.4) is 0 Å². The Kier molecular flexibility index (Phi) is 4.37. The van der Waals surface area contributed by atoms with Crippen LogP contribution in [0.25, 0.3) is 21.1 Å². The topological polar surface area (TPSA) is 68.9 Å². The van der Waals surface area contributed by atoms with Gasteiger partial charge in [0.1, 0.15) is 12.1 Å². The average Bonchev–Trinajstić information content (AvgIpc) is 3.31. The Balaban J connectivity index is 1.67. The van der Waals surface area contributed by atoms with Crippen LogP contribution < -0.4 is 10.9 Å². The molecule has 1 amide bonds. The van der Waals surface area contributed by atoms with Crippen LogP contribution >= 0.6 is 22.7 Å². The summed E-state index contributed by atoms with van der Waals surface area (Å²) in [6.07, 6.45) is 1.70. The number of hydrogen-bond donors (Lipinski definition) is 1. The maximum absolute atomic E-state index is 12.9. The van der Waals surface area contributed by atoms with Gasteiger partial charge in [0.15, 0.2) is 0 Å². The van der Waals surface area contributed by atoms with Crippen molar-refractivity contribution in [3.63, 3.8) is 0 Å². The van der Waals surface area contributed by atoms with E-state index in [1.54, 1.807) is 28.9 Å². The van der Waals surface area contributed by atoms with Crippen LogP contribution in [0.2, 0.25) is 0 Å². The third-order valence-electron chi connectivity index (χ3n) is 4.31. The lowest BCUT2D eigenvalue weighted by atomic mass is 10.3. The van der Waals surface area contributed by atoms with Crippen molar-refractivity contribution in [3.05, 3.63) is 49.9 Å². The largest absolute Gasteiger partial charge is 0.350 e. The van der Waals surface area contributed by atoms with Gasteiger partial charge in [-0.2, -0.15) is 5.10 Å². The van der Waals surface area contributed by atoms with Gasteiger partial charge in [-0.15, -0.1) is 22.7 Å². The first-order valence-electron chi connectivity index (χ1n) is 8.36. The lowest BCUT2D eigenvalue weighted by Gasteiger charge is -2.07. The molecule has 4 heterocycles. The van der Waals surface area contributed by atoms with Crippen molar-refractivity contribution in [1.82, 2.24) is 19.7 Å². The number of carbonyl (C=O) groups excluding carboxylic acids is 1. The van der Waals surface area contributed by atoms with E-state index < -0.39 is 0 Å². The molecule has 0 aliphatic heterocycles. The normalized spacial score (nSPS) is 11.5. The first kappa shape index (κ1) is 17.0. The van der Waals surface area contributed by atoms with Crippen LogP contribution in [-0.2, 0) is 24.4 Å². The number of nitrogens with one attached hydrogen (secondary N) is 1. The van der Waals surface area contributed by atoms with Crippen LogP contribution in [0.1, 0.15) is 16.7 Å². The molecule has 0 saturated heterocycles. The summed E-state index contributed by atoms with van der Waals surface area (Å²) in [5.74, 6) is -0.223. The molecule has 8 heteroatoms. The van der Waals surface area contributed by atoms with Crippen molar-refractivity contribution in [1.29, 1.82) is 0 Å². The van der Waals surface area contributed by atoms with E-state index in [2.05, 4.69) is 23.4 Å². The highest BCUT2D eigenvalue weighted by Crippen LogP contribution is 2.33. The molecule has 4 rings (SSSR count). The Morgan fingerprint density at radius 3 is 2.96 bits per heavy atom. The average molecular weight is 387 g/mol. The predicted molar refractivity (Wildman–Crippen MR) is 106 cm³/mol. The molecular formula is C18H18N4O2S2. The quantitative estimate of drug-likeness (QED) is 0.573. The van der Waals surface area contributed by atoms with Gasteiger partial charge in [0.2, 0.25) is 5.91 Å². The Morgan fingerprint density at radius 1 is 1.38 bits per heavy atom. The van der Waals surface area contributed by atoms with Crippen LogP contribution in [0.15, 0.2) is 34.6 Å². The van der Waals surface area contributed by atoms with Crippen molar-refractivity contribution in [2.75, 3.05) is 0 Å². The Hall–Kier alpha value is -2.45. The first-order chi connectivity index (χ1) is 12.6. The summed E-state index contributed by atoms with van der Waals surface area (Å²) in [6, 6.07) is 6.00. The Bertz CT molecular complexity index is 1150. The summed E-state index contributed by atoms with van der Waals surface area (Å²) >= 11 is 3.25. The summed E-state index contributed by atoms with van der Waals surface area (Å²) in [6.45, 7) is 5.16. The van der Waals surface area contributed by atoms with Gasteiger partial charge >= 0.3 is 0 Å². The van der Waals surface area contributed by atoms with E-state index >= 15 is 0 Å². The summed E-state index contributed by atoms with van der Waals surface area (Å²) in [5, 5.41) is 9.90. The fraction of sp³-hybridized carbons (Fsp3) is 0.278. The zero-order chi connectivity index (χ0) is 18.3. The van der Waals surface area contributed by atoms with Crippen molar-refractivity contribution in [3.8, 4) is 0 Å². The number of hydrogen-bond acceptors (Lipinski definition) is 5. The molecule has 134 valence electrons. The van der Waals surface area contributed by atoms with Crippen molar-refractivity contribution in [2.24, 2.45) is 0 Å². The van der Waals surface area contributed by atoms with Gasteiger partial charge in [-0.3, -0.25) is 9.59 Å². The molecular weight excluding hydrogens is 368 g/mol. The van der Waals surface area contributed by atoms with Gasteiger partial charge in [-0.05, 0) is 31.4 Å². The zero-order valence-corrected chi connectivity index (χ0v) is 16.1. The molecule has 0 aliphatic carbocycles. The van der Waals surface area contributed by atoms with Gasteiger partial charge in [0.25, 0.3) is 5.56 Å². The minimum atomic E-state index is -0.225. The van der Waals surface area contributed by atoms with E-state index in [0.717, 1.165) is 20.5 Å². The number of aryl methyl sites for hydroxylation is 2. The van der Waals surface area contributed by atoms with Gasteiger partial charge in [0, 0.05) is 21.7 Å². The molecule has 0 fully saturated rings. The monoisotopic (exact) mass is 386 g/mol. The molecule has 4 aromatic rings. The standard InChI is InChI=1S/C18H18N4O2S2/c1-3-21-14-7-11(2)26-17(14)13-9-20-22(18(24)16(13)21)10-15(23)19-8-12-5-4-6-25-12/h4-7,9H,3,8,10H2,1-2H3,(H,19,23). The van der Waals surface area contributed by atoms with E-state index in [4.69, 9.17) is 0 Å². The molecule has 4 aromatic heterocycles. The van der Waals surface area contributed by atoms with Crippen LogP contribution in [-0.4, -0.2) is 20.3 Å². The van der Waals surface area contributed by atoms with E-state index in [0.29, 0.717) is 18.6 Å². The van der Waals surface area contributed by atoms with Crippen molar-refractivity contribution >= 4 is 49.7 Å². The number of thiophene rings is 2. The lowest BCUT2D eigenvalue weighted by molar-refractivity contribution is -0.122. The number of carbonyl (C=O) groups is 1. The van der Waals surface area contributed by atoms with Crippen LogP contribution in [0.4, 0.5) is 0 Å². The van der Waals surface area contributed by atoms with Crippen LogP contribution in [0, 0.1) is 6.92 Å². The molecule has 0 spiro atoms. The van der Waals surface area contributed by atoms with Gasteiger partial charge in [0.05, 0.1) is 23.0 Å². The minimum Gasteiger partial charge on any atom is -0.350 e. The molecule has 26 heavy (non-hydrogen) atoms. The van der Waals surface area contributed by atoms with E-state index in [1.165, 1.54) is 9.56 Å². The fourth-order valence-corrected chi connectivity index (χ4v) is 4.82. The molecule has 1 N–H and O–H groups in total. The molecule has 0 aliphatic rings. The molecule has 0 radical (unpaired) electrons. The smallest absolute Gasteiger partial charge is 0.291 e. The molecule has 0 saturated carbocycles. The number of rotatable bonds is 5. The Morgan fingerprint density at radius 2 is 2.23 bits per heavy atom. The summed E-state index contributed by atoms with van der Waals surface area (Å²) in [5.41, 5.74) is 1.45. The fourth-order valence-electron chi connectivity index (χ4n) is 3.15. The molecule has 0 atom stereocenters. The lowest BCUT2D eigenvalue weighted by Crippen LogP contribution is -2.33. The van der Waals surface area contributed by atoms with E-state index in [-0.39, 0.29) is 18.0 Å². The third-order valence-corrected chi connectivity index (χ3v) is 6.26. The van der Waals surface area contributed by atoms with Crippen molar-refractivity contribution in [2.45, 2.75) is 33.5 Å². The molecule has 6 nitrogen and oxygen atoms in total. The highest BCUT2D eigenvalue weighted by atomic mass is 32.1. The highest BCUT2D eigenvalue weighted by molar-refractivity contribution is 7.20. The number of aromatic nitrogens is 3. The number of nitrogens with zero attached hydrogens (tertiary/aromatic N) is 3. The first-order valence-corrected chi connectivity index (χ1v) is 10.1. The van der Waals surface area contributed by atoms with Crippen molar-refractivity contribution < 1.29 is 4.79 Å². The second-order valence-corrected chi connectivity index (χ2v) is 8.33. The van der Waals surface area contributed by atoms with E-state index in [1.807, 2.05) is 29.0 Å². The van der Waals surface area contributed by atoms with Gasteiger partial charge < -0.3 is 9.88 Å². The number of fused-ring (bicyclic) bond motifs is 3. The van der Waals surface area contributed by atoms with Crippen LogP contribution in [0.5, 0.6) is 0 Å². The van der Waals surface area contributed by atoms with Gasteiger partial charge in [-0.1, -0.05) is 6.07 Å². The second-order valence-electron chi connectivity index (χ2n) is 6.04. The second kappa shape index (κ2) is 6.69.